The maximum atomic E-state index is 13.3. The Morgan fingerprint density at radius 2 is 1.85 bits per heavy atom. The summed E-state index contributed by atoms with van der Waals surface area (Å²) in [5.41, 5.74) is -0.257. The molecule has 1 aromatic heterocycles. The Hall–Kier alpha value is -2.11. The monoisotopic (exact) mass is 284 g/mol. The van der Waals surface area contributed by atoms with Gasteiger partial charge in [0.1, 0.15) is 11.6 Å². The molecule has 20 heavy (non-hydrogen) atoms. The van der Waals surface area contributed by atoms with Crippen LogP contribution in [-0.4, -0.2) is 11.5 Å². The number of rotatable bonds is 4. The summed E-state index contributed by atoms with van der Waals surface area (Å²) in [6.07, 6.45) is -2.94. The lowest BCUT2D eigenvalue weighted by Crippen LogP contribution is -2.10. The zero-order valence-electron chi connectivity index (χ0n) is 10.4. The predicted octanol–water partition coefficient (Wildman–Crippen LogP) is 3.89. The summed E-state index contributed by atoms with van der Waals surface area (Å²) in [5.74, 6) is -0.206. The summed E-state index contributed by atoms with van der Waals surface area (Å²) in [6.45, 7) is 0.301. The highest BCUT2D eigenvalue weighted by atomic mass is 19.4. The van der Waals surface area contributed by atoms with Crippen molar-refractivity contribution in [1.82, 2.24) is 4.98 Å². The van der Waals surface area contributed by atoms with Crippen LogP contribution in [0, 0.1) is 5.82 Å². The summed E-state index contributed by atoms with van der Waals surface area (Å²) >= 11 is 0. The van der Waals surface area contributed by atoms with E-state index in [9.17, 15) is 17.6 Å². The molecule has 0 bridgehead atoms. The van der Waals surface area contributed by atoms with Gasteiger partial charge in [0, 0.05) is 12.7 Å². The quantitative estimate of drug-likeness (QED) is 0.861. The highest BCUT2D eigenvalue weighted by Gasteiger charge is 2.30. The Balaban J connectivity index is 1.97. The van der Waals surface area contributed by atoms with Crippen LogP contribution in [0.2, 0.25) is 0 Å². The number of benzene rings is 1. The largest absolute Gasteiger partial charge is 0.416 e. The summed E-state index contributed by atoms with van der Waals surface area (Å²) in [6, 6.07) is 8.11. The van der Waals surface area contributed by atoms with Gasteiger partial charge in [0.05, 0.1) is 5.56 Å². The van der Waals surface area contributed by atoms with Crippen molar-refractivity contribution in [2.24, 2.45) is 0 Å². The minimum absolute atomic E-state index is 0.121. The Morgan fingerprint density at radius 3 is 2.55 bits per heavy atom. The Bertz CT molecular complexity index is 581. The van der Waals surface area contributed by atoms with E-state index in [-0.39, 0.29) is 11.6 Å². The van der Waals surface area contributed by atoms with Crippen LogP contribution in [0.4, 0.5) is 23.4 Å². The molecule has 0 atom stereocenters. The minimum atomic E-state index is -4.40. The van der Waals surface area contributed by atoms with E-state index in [1.807, 2.05) is 0 Å². The highest BCUT2D eigenvalue weighted by molar-refractivity contribution is 5.38. The first-order chi connectivity index (χ1) is 9.47. The van der Waals surface area contributed by atoms with Crippen LogP contribution in [0.15, 0.2) is 42.6 Å². The maximum Gasteiger partial charge on any atom is 0.416 e. The number of anilines is 1. The van der Waals surface area contributed by atoms with E-state index in [4.69, 9.17) is 0 Å². The molecule has 6 heteroatoms. The van der Waals surface area contributed by atoms with Gasteiger partial charge in [0.25, 0.3) is 0 Å². The molecule has 0 fully saturated rings. The number of aromatic nitrogens is 1. The first kappa shape index (κ1) is 14.3. The van der Waals surface area contributed by atoms with E-state index in [0.717, 1.165) is 18.3 Å². The van der Waals surface area contributed by atoms with Gasteiger partial charge in [-0.25, -0.2) is 9.37 Å². The summed E-state index contributed by atoms with van der Waals surface area (Å²) in [4.78, 5) is 3.80. The number of nitrogens with one attached hydrogen (secondary N) is 1. The third-order valence-corrected chi connectivity index (χ3v) is 2.75. The molecule has 1 heterocycles. The van der Waals surface area contributed by atoms with Gasteiger partial charge in [-0.15, -0.1) is 0 Å². The van der Waals surface area contributed by atoms with Crippen LogP contribution in [0.25, 0.3) is 0 Å². The molecule has 0 spiro atoms. The second-order valence-corrected chi connectivity index (χ2v) is 4.20. The predicted molar refractivity (Wildman–Crippen MR) is 67.8 cm³/mol. The zero-order chi connectivity index (χ0) is 14.6. The lowest BCUT2D eigenvalue weighted by Gasteiger charge is -2.10. The Morgan fingerprint density at radius 1 is 1.10 bits per heavy atom. The topological polar surface area (TPSA) is 24.9 Å². The Kier molecular flexibility index (Phi) is 4.22. The molecule has 1 aromatic carbocycles. The molecule has 2 rings (SSSR count). The van der Waals surface area contributed by atoms with E-state index < -0.39 is 11.7 Å². The SMILES string of the molecule is Fc1ccccc1CCNc1cc(C(F)(F)F)ccn1. The van der Waals surface area contributed by atoms with Gasteiger partial charge >= 0.3 is 6.18 Å². The maximum absolute atomic E-state index is 13.3. The molecule has 2 nitrogen and oxygen atoms in total. The first-order valence-electron chi connectivity index (χ1n) is 5.97. The normalized spacial score (nSPS) is 11.4. The smallest absolute Gasteiger partial charge is 0.370 e. The van der Waals surface area contributed by atoms with Crippen molar-refractivity contribution in [3.63, 3.8) is 0 Å². The van der Waals surface area contributed by atoms with Crippen LogP contribution < -0.4 is 5.32 Å². The van der Waals surface area contributed by atoms with Gasteiger partial charge < -0.3 is 5.32 Å². The van der Waals surface area contributed by atoms with Gasteiger partial charge in [-0.1, -0.05) is 18.2 Å². The van der Waals surface area contributed by atoms with Gasteiger partial charge in [0.15, 0.2) is 0 Å². The van der Waals surface area contributed by atoms with Crippen LogP contribution in [-0.2, 0) is 12.6 Å². The average Bonchev–Trinajstić information content (AvgIpc) is 2.40. The summed E-state index contributed by atoms with van der Waals surface area (Å²) < 4.78 is 50.9. The van der Waals surface area contributed by atoms with E-state index in [1.165, 1.54) is 6.07 Å². The number of pyridine rings is 1. The second kappa shape index (κ2) is 5.90. The fraction of sp³-hybridized carbons (Fsp3) is 0.214. The Labute approximate surface area is 113 Å². The van der Waals surface area contributed by atoms with Gasteiger partial charge in [-0.2, -0.15) is 13.2 Å². The molecular formula is C14H12F4N2. The fourth-order valence-corrected chi connectivity index (χ4v) is 1.73. The standard InChI is InChI=1S/C14H12F4N2/c15-12-4-2-1-3-10(12)5-7-19-13-9-11(6-8-20-13)14(16,17)18/h1-4,6,8-9H,5,7H2,(H,19,20). The van der Waals surface area contributed by atoms with E-state index >= 15 is 0 Å². The molecule has 0 amide bonds. The molecule has 0 aliphatic rings. The number of hydrogen-bond donors (Lipinski definition) is 1. The van der Waals surface area contributed by atoms with Crippen molar-refractivity contribution >= 4 is 5.82 Å². The number of nitrogens with zero attached hydrogens (tertiary/aromatic N) is 1. The van der Waals surface area contributed by atoms with Crippen molar-refractivity contribution in [1.29, 1.82) is 0 Å². The van der Waals surface area contributed by atoms with E-state index in [0.29, 0.717) is 18.5 Å². The van der Waals surface area contributed by atoms with Crippen LogP contribution in [0.3, 0.4) is 0 Å². The number of alkyl halides is 3. The molecule has 106 valence electrons. The van der Waals surface area contributed by atoms with Crippen molar-refractivity contribution in [2.75, 3.05) is 11.9 Å². The molecule has 2 aromatic rings. The third kappa shape index (κ3) is 3.69. The average molecular weight is 284 g/mol. The zero-order valence-corrected chi connectivity index (χ0v) is 10.4. The minimum Gasteiger partial charge on any atom is -0.370 e. The molecule has 0 saturated heterocycles. The third-order valence-electron chi connectivity index (χ3n) is 2.75. The van der Waals surface area contributed by atoms with Gasteiger partial charge in [-0.05, 0) is 30.2 Å². The highest BCUT2D eigenvalue weighted by Crippen LogP contribution is 2.29. The second-order valence-electron chi connectivity index (χ2n) is 4.20. The molecular weight excluding hydrogens is 272 g/mol. The molecule has 0 aliphatic carbocycles. The van der Waals surface area contributed by atoms with Gasteiger partial charge in [-0.3, -0.25) is 0 Å². The van der Waals surface area contributed by atoms with Crippen molar-refractivity contribution < 1.29 is 17.6 Å². The van der Waals surface area contributed by atoms with Crippen molar-refractivity contribution in [2.45, 2.75) is 12.6 Å². The van der Waals surface area contributed by atoms with Crippen LogP contribution >= 0.6 is 0 Å². The van der Waals surface area contributed by atoms with Crippen molar-refractivity contribution in [3.8, 4) is 0 Å². The fourth-order valence-electron chi connectivity index (χ4n) is 1.73. The van der Waals surface area contributed by atoms with Crippen molar-refractivity contribution in [3.05, 3.63) is 59.5 Å². The van der Waals surface area contributed by atoms with E-state index in [2.05, 4.69) is 10.3 Å². The first-order valence-corrected chi connectivity index (χ1v) is 5.97. The molecule has 0 radical (unpaired) electrons. The molecule has 0 unspecified atom stereocenters. The number of hydrogen-bond acceptors (Lipinski definition) is 2. The number of halogens is 4. The summed E-state index contributed by atoms with van der Waals surface area (Å²) in [7, 11) is 0. The lowest BCUT2D eigenvalue weighted by molar-refractivity contribution is -0.137. The van der Waals surface area contributed by atoms with Crippen LogP contribution in [0.5, 0.6) is 0 Å². The molecule has 0 saturated carbocycles. The molecule has 0 aliphatic heterocycles. The van der Waals surface area contributed by atoms with E-state index in [1.54, 1.807) is 18.2 Å². The molecule has 1 N–H and O–H groups in total. The lowest BCUT2D eigenvalue weighted by atomic mass is 10.1. The van der Waals surface area contributed by atoms with Gasteiger partial charge in [0.2, 0.25) is 0 Å². The van der Waals surface area contributed by atoms with Crippen LogP contribution in [0.1, 0.15) is 11.1 Å². The summed E-state index contributed by atoms with van der Waals surface area (Å²) in [5, 5.41) is 2.76.